The van der Waals surface area contributed by atoms with E-state index in [2.05, 4.69) is 53.5 Å². The van der Waals surface area contributed by atoms with Gasteiger partial charge >= 0.3 is 5.97 Å². The second-order valence-corrected chi connectivity index (χ2v) is 19.3. The summed E-state index contributed by atoms with van der Waals surface area (Å²) in [5.74, 6) is -1.17. The highest BCUT2D eigenvalue weighted by atomic mass is 28.4. The average molecular weight is 415 g/mol. The van der Waals surface area contributed by atoms with Crippen LogP contribution in [0.25, 0.3) is 0 Å². The predicted molar refractivity (Wildman–Crippen MR) is 113 cm³/mol. The fraction of sp³-hybridized carbons (Fsp3) is 0.800. The molecule has 3 atom stereocenters. The van der Waals surface area contributed by atoms with Crippen LogP contribution in [0.15, 0.2) is 12.2 Å². The van der Waals surface area contributed by atoms with E-state index in [0.29, 0.717) is 12.8 Å². The predicted octanol–water partition coefficient (Wildman–Crippen LogP) is 4.90. The van der Waals surface area contributed by atoms with Gasteiger partial charge in [-0.15, -0.1) is 0 Å². The maximum Gasteiger partial charge on any atom is 0.312 e. The second-order valence-electron chi connectivity index (χ2n) is 10.1. The van der Waals surface area contributed by atoms with Gasteiger partial charge in [0.15, 0.2) is 8.32 Å². The molecule has 0 fully saturated rings. The number of esters is 1. The number of carbonyl (C=O) groups excluding carboxylic acids is 2. The summed E-state index contributed by atoms with van der Waals surface area (Å²) in [4.78, 5) is 25.0. The van der Waals surface area contributed by atoms with E-state index in [9.17, 15) is 9.59 Å². The minimum absolute atomic E-state index is 0.0481. The lowest BCUT2D eigenvalue weighted by Crippen LogP contribution is -2.53. The van der Waals surface area contributed by atoms with Gasteiger partial charge in [-0.1, -0.05) is 32.9 Å². The van der Waals surface area contributed by atoms with Crippen molar-refractivity contribution in [1.82, 2.24) is 0 Å². The quantitative estimate of drug-likeness (QED) is 0.351. The van der Waals surface area contributed by atoms with Crippen molar-refractivity contribution in [2.24, 2.45) is 11.8 Å². The molecule has 0 aliphatic heterocycles. The molecule has 0 aromatic heterocycles. The van der Waals surface area contributed by atoms with Crippen molar-refractivity contribution in [3.05, 3.63) is 12.2 Å². The Balaban J connectivity index is 3.15. The summed E-state index contributed by atoms with van der Waals surface area (Å²) in [7, 11) is -2.76. The van der Waals surface area contributed by atoms with Crippen molar-refractivity contribution in [3.63, 3.8) is 0 Å². The van der Waals surface area contributed by atoms with Gasteiger partial charge in [0.25, 0.3) is 14.3 Å². The largest absolute Gasteiger partial charge is 0.519 e. The number of hydrogen-bond acceptors (Lipinski definition) is 5. The molecule has 1 aliphatic rings. The number of ether oxygens (including phenoxy) is 1. The lowest BCUT2D eigenvalue weighted by Gasteiger charge is -2.44. The van der Waals surface area contributed by atoms with Crippen molar-refractivity contribution >= 4 is 28.6 Å². The molecular formula is C20H38O5Si2. The Kier molecular flexibility index (Phi) is 7.33. The summed E-state index contributed by atoms with van der Waals surface area (Å²) in [6.07, 6.45) is 4.95. The van der Waals surface area contributed by atoms with Gasteiger partial charge < -0.3 is 13.6 Å². The fourth-order valence-electron chi connectivity index (χ4n) is 2.98. The Hall–Kier alpha value is -0.926. The van der Waals surface area contributed by atoms with Crippen LogP contribution in [0.4, 0.5) is 0 Å². The van der Waals surface area contributed by atoms with Crippen LogP contribution in [-0.2, 0) is 23.2 Å². The number of methoxy groups -OCH3 is 1. The Morgan fingerprint density at radius 3 is 2.07 bits per heavy atom. The SMILES string of the molecule is COC(=O)[C@@H]1C=C[C@](O[Si](C)(C)C)([C@@H](C)C(=O)O[Si](C)(C)C(C)(C)C)CC1. The van der Waals surface area contributed by atoms with E-state index in [1.54, 1.807) is 0 Å². The Labute approximate surface area is 167 Å². The lowest BCUT2D eigenvalue weighted by molar-refractivity contribution is -0.147. The first kappa shape index (κ1) is 24.1. The zero-order valence-corrected chi connectivity index (χ0v) is 20.8. The van der Waals surface area contributed by atoms with E-state index in [1.165, 1.54) is 7.11 Å². The topological polar surface area (TPSA) is 61.8 Å². The van der Waals surface area contributed by atoms with Gasteiger partial charge in [0.05, 0.1) is 24.5 Å². The van der Waals surface area contributed by atoms with E-state index in [1.807, 2.05) is 19.1 Å². The summed E-state index contributed by atoms with van der Waals surface area (Å²) in [6, 6.07) is 0. The van der Waals surface area contributed by atoms with Gasteiger partial charge in [-0.25, -0.2) is 0 Å². The van der Waals surface area contributed by atoms with E-state index >= 15 is 0 Å². The van der Waals surface area contributed by atoms with Crippen LogP contribution in [0, 0.1) is 11.8 Å². The molecule has 0 radical (unpaired) electrons. The molecule has 0 heterocycles. The monoisotopic (exact) mass is 414 g/mol. The van der Waals surface area contributed by atoms with Gasteiger partial charge in [-0.05, 0) is 57.5 Å². The second kappa shape index (κ2) is 8.21. The highest BCUT2D eigenvalue weighted by molar-refractivity contribution is 6.75. The molecule has 1 rings (SSSR count). The van der Waals surface area contributed by atoms with Crippen molar-refractivity contribution in [1.29, 1.82) is 0 Å². The van der Waals surface area contributed by atoms with Crippen LogP contribution >= 0.6 is 0 Å². The third-order valence-electron chi connectivity index (χ3n) is 5.71. The van der Waals surface area contributed by atoms with E-state index < -0.39 is 28.2 Å². The smallest absolute Gasteiger partial charge is 0.312 e. The van der Waals surface area contributed by atoms with Crippen LogP contribution in [0.2, 0.25) is 37.8 Å². The first-order chi connectivity index (χ1) is 12.0. The molecule has 0 bridgehead atoms. The Morgan fingerprint density at radius 1 is 1.15 bits per heavy atom. The molecule has 0 unspecified atom stereocenters. The molecule has 0 amide bonds. The first-order valence-corrected chi connectivity index (χ1v) is 16.1. The van der Waals surface area contributed by atoms with Gasteiger partial charge in [0, 0.05) is 0 Å². The third-order valence-corrected chi connectivity index (χ3v) is 11.0. The van der Waals surface area contributed by atoms with Crippen LogP contribution in [0.5, 0.6) is 0 Å². The normalized spacial score (nSPS) is 25.0. The molecule has 5 nitrogen and oxygen atoms in total. The molecular weight excluding hydrogens is 376 g/mol. The van der Waals surface area contributed by atoms with Crippen LogP contribution in [-0.4, -0.2) is 41.3 Å². The Bertz CT molecular complexity index is 586. The summed E-state index contributed by atoms with van der Waals surface area (Å²) in [6.45, 7) is 18.7. The molecule has 0 saturated carbocycles. The number of carbonyl (C=O) groups is 2. The van der Waals surface area contributed by atoms with Crippen molar-refractivity contribution in [2.75, 3.05) is 7.11 Å². The molecule has 0 aromatic carbocycles. The maximum atomic E-state index is 13.1. The molecule has 0 spiro atoms. The summed E-state index contributed by atoms with van der Waals surface area (Å²) >= 11 is 0. The summed E-state index contributed by atoms with van der Waals surface area (Å²) in [5.41, 5.74) is -0.728. The first-order valence-electron chi connectivity index (χ1n) is 9.75. The summed E-state index contributed by atoms with van der Waals surface area (Å²) < 4.78 is 17.4. The molecule has 0 N–H and O–H groups in total. The zero-order valence-electron chi connectivity index (χ0n) is 18.8. The van der Waals surface area contributed by atoms with E-state index in [0.717, 1.165) is 0 Å². The minimum Gasteiger partial charge on any atom is -0.519 e. The maximum absolute atomic E-state index is 13.1. The highest BCUT2D eigenvalue weighted by Crippen LogP contribution is 2.41. The van der Waals surface area contributed by atoms with Crippen LogP contribution in [0.3, 0.4) is 0 Å². The number of hydrogen-bond donors (Lipinski definition) is 0. The van der Waals surface area contributed by atoms with Gasteiger partial charge in [0.1, 0.15) is 0 Å². The van der Waals surface area contributed by atoms with Gasteiger partial charge in [-0.2, -0.15) is 0 Å². The molecule has 156 valence electrons. The van der Waals surface area contributed by atoms with Crippen molar-refractivity contribution in [2.45, 2.75) is 83.9 Å². The number of rotatable bonds is 6. The summed E-state index contributed by atoms with van der Waals surface area (Å²) in [5, 5.41) is -0.0481. The zero-order chi connectivity index (χ0) is 21.3. The lowest BCUT2D eigenvalue weighted by atomic mass is 9.78. The molecule has 0 saturated heterocycles. The standard InChI is InChI=1S/C20H38O5Si2/c1-15(17(21)24-27(9,10)19(2,3)4)20(25-26(6,7)8)13-11-16(12-14-20)18(22)23-5/h11,13,15-16H,12,14H2,1-10H3/t15-,16+,20+/m0/s1. The van der Waals surface area contributed by atoms with Crippen molar-refractivity contribution < 1.29 is 23.2 Å². The average Bonchev–Trinajstić information content (AvgIpc) is 2.51. The van der Waals surface area contributed by atoms with E-state index in [4.69, 9.17) is 13.6 Å². The fourth-order valence-corrected chi connectivity index (χ4v) is 5.46. The van der Waals surface area contributed by atoms with Crippen LogP contribution < -0.4 is 0 Å². The minimum atomic E-state index is -2.22. The van der Waals surface area contributed by atoms with Crippen molar-refractivity contribution in [3.8, 4) is 0 Å². The van der Waals surface area contributed by atoms with E-state index in [-0.39, 0.29) is 22.9 Å². The van der Waals surface area contributed by atoms with Gasteiger partial charge in [0.2, 0.25) is 0 Å². The van der Waals surface area contributed by atoms with Gasteiger partial charge in [-0.3, -0.25) is 9.59 Å². The Morgan fingerprint density at radius 2 is 1.70 bits per heavy atom. The molecule has 7 heteroatoms. The molecule has 1 aliphatic carbocycles. The van der Waals surface area contributed by atoms with Crippen LogP contribution in [0.1, 0.15) is 40.5 Å². The highest BCUT2D eigenvalue weighted by Gasteiger charge is 2.48. The molecule has 0 aromatic rings. The third kappa shape index (κ3) is 6.02. The molecule has 27 heavy (non-hydrogen) atoms.